The van der Waals surface area contributed by atoms with Gasteiger partial charge < -0.3 is 10.4 Å². The van der Waals surface area contributed by atoms with Gasteiger partial charge >= 0.3 is 0 Å². The van der Waals surface area contributed by atoms with E-state index in [2.05, 4.69) is 5.32 Å². The zero-order chi connectivity index (χ0) is 6.15. The number of hydrogen-bond donors (Lipinski definition) is 2. The minimum absolute atomic E-state index is 0.0671. The molecule has 1 aliphatic rings. The predicted molar refractivity (Wildman–Crippen MR) is 24.0 cm³/mol. The number of amides is 1. The number of aliphatic hydroxyl groups excluding tert-OH is 1. The smallest absolute Gasteiger partial charge is 0.290 e. The Morgan fingerprint density at radius 2 is 2.25 bits per heavy atom. The molecule has 1 aliphatic heterocycles. The van der Waals surface area contributed by atoms with Crippen molar-refractivity contribution in [2.45, 2.75) is 6.10 Å². The van der Waals surface area contributed by atoms with Crippen molar-refractivity contribution in [1.82, 2.24) is 5.32 Å². The number of ketones is 1. The largest absolute Gasteiger partial charge is 0.383 e. The summed E-state index contributed by atoms with van der Waals surface area (Å²) in [4.78, 5) is 20.4. The van der Waals surface area contributed by atoms with Crippen molar-refractivity contribution in [3.8, 4) is 0 Å². The van der Waals surface area contributed by atoms with Crippen LogP contribution in [0.5, 0.6) is 0 Å². The average Bonchev–Trinajstić information content (AvgIpc) is 1.98. The van der Waals surface area contributed by atoms with Crippen LogP contribution in [0.2, 0.25) is 0 Å². The average molecular weight is 115 g/mol. The standard InChI is InChI=1S/C4H5NO3/c6-2-1-5-4(8)3(2)7/h2,6H,1H2,(H,5,8)/t2-/m0/s1. The van der Waals surface area contributed by atoms with E-state index < -0.39 is 17.8 Å². The molecule has 0 aromatic carbocycles. The molecule has 0 saturated carbocycles. The Morgan fingerprint density at radius 3 is 2.38 bits per heavy atom. The summed E-state index contributed by atoms with van der Waals surface area (Å²) in [6.07, 6.45) is -1.11. The molecule has 1 amide bonds. The van der Waals surface area contributed by atoms with Crippen LogP contribution in [0.25, 0.3) is 0 Å². The SMILES string of the molecule is O=C1NC[C@H](O)C1=O. The third kappa shape index (κ3) is 0.586. The van der Waals surface area contributed by atoms with Gasteiger partial charge in [0, 0.05) is 0 Å². The Labute approximate surface area is 45.5 Å². The summed E-state index contributed by atoms with van der Waals surface area (Å²) in [5.74, 6) is -1.41. The molecule has 1 heterocycles. The van der Waals surface area contributed by atoms with Crippen molar-refractivity contribution in [1.29, 1.82) is 0 Å². The van der Waals surface area contributed by atoms with Gasteiger partial charge in [0.2, 0.25) is 5.78 Å². The third-order valence-electron chi connectivity index (χ3n) is 0.982. The van der Waals surface area contributed by atoms with Gasteiger partial charge in [-0.25, -0.2) is 0 Å². The van der Waals surface area contributed by atoms with Crippen molar-refractivity contribution < 1.29 is 14.7 Å². The number of aliphatic hydroxyl groups is 1. The van der Waals surface area contributed by atoms with Gasteiger partial charge in [0.05, 0.1) is 6.54 Å². The monoisotopic (exact) mass is 115 g/mol. The Bertz CT molecular complexity index is 142. The van der Waals surface area contributed by atoms with E-state index in [9.17, 15) is 9.59 Å². The molecule has 8 heavy (non-hydrogen) atoms. The second kappa shape index (κ2) is 1.56. The van der Waals surface area contributed by atoms with E-state index in [-0.39, 0.29) is 6.54 Å². The molecule has 1 atom stereocenters. The minimum Gasteiger partial charge on any atom is -0.383 e. The first-order valence-corrected chi connectivity index (χ1v) is 2.22. The molecular weight excluding hydrogens is 110 g/mol. The maximum Gasteiger partial charge on any atom is 0.290 e. The van der Waals surface area contributed by atoms with Crippen molar-refractivity contribution in [2.24, 2.45) is 0 Å². The van der Waals surface area contributed by atoms with E-state index in [1.165, 1.54) is 0 Å². The van der Waals surface area contributed by atoms with Gasteiger partial charge in [-0.2, -0.15) is 0 Å². The van der Waals surface area contributed by atoms with Crippen LogP contribution in [-0.4, -0.2) is 29.4 Å². The van der Waals surface area contributed by atoms with Crippen LogP contribution < -0.4 is 5.32 Å². The summed E-state index contributed by atoms with van der Waals surface area (Å²) in [6, 6.07) is 0. The second-order valence-corrected chi connectivity index (χ2v) is 1.59. The molecule has 0 radical (unpaired) electrons. The van der Waals surface area contributed by atoms with E-state index in [0.29, 0.717) is 0 Å². The molecule has 1 rings (SSSR count). The number of hydrogen-bond acceptors (Lipinski definition) is 3. The fraction of sp³-hybridized carbons (Fsp3) is 0.500. The highest BCUT2D eigenvalue weighted by Gasteiger charge is 2.29. The van der Waals surface area contributed by atoms with Gasteiger partial charge in [0.15, 0.2) is 0 Å². The highest BCUT2D eigenvalue weighted by atomic mass is 16.3. The first-order valence-electron chi connectivity index (χ1n) is 2.22. The number of carbonyl (C=O) groups is 2. The normalized spacial score (nSPS) is 28.4. The summed E-state index contributed by atoms with van der Waals surface area (Å²) >= 11 is 0. The number of Topliss-reactive ketones (excluding diaryl/α,β-unsaturated/α-hetero) is 1. The van der Waals surface area contributed by atoms with Crippen LogP contribution in [-0.2, 0) is 9.59 Å². The molecule has 4 nitrogen and oxygen atoms in total. The summed E-state index contributed by atoms with van der Waals surface area (Å²) in [5, 5.41) is 10.7. The first-order chi connectivity index (χ1) is 3.72. The quantitative estimate of drug-likeness (QED) is 0.360. The summed E-state index contributed by atoms with van der Waals surface area (Å²) in [5.41, 5.74) is 0. The zero-order valence-corrected chi connectivity index (χ0v) is 4.05. The summed E-state index contributed by atoms with van der Waals surface area (Å²) in [6.45, 7) is 0.0671. The van der Waals surface area contributed by atoms with Crippen molar-refractivity contribution in [2.75, 3.05) is 6.54 Å². The lowest BCUT2D eigenvalue weighted by Gasteiger charge is -1.87. The van der Waals surface area contributed by atoms with E-state index in [4.69, 9.17) is 5.11 Å². The van der Waals surface area contributed by atoms with Gasteiger partial charge in [-0.1, -0.05) is 0 Å². The Hall–Kier alpha value is -0.900. The van der Waals surface area contributed by atoms with Crippen molar-refractivity contribution in [3.63, 3.8) is 0 Å². The summed E-state index contributed by atoms with van der Waals surface area (Å²) in [7, 11) is 0. The molecule has 1 saturated heterocycles. The molecule has 2 N–H and O–H groups in total. The maximum absolute atomic E-state index is 10.2. The highest BCUT2D eigenvalue weighted by Crippen LogP contribution is 1.91. The predicted octanol–water partition coefficient (Wildman–Crippen LogP) is -1.95. The van der Waals surface area contributed by atoms with E-state index in [0.717, 1.165) is 0 Å². The topological polar surface area (TPSA) is 66.4 Å². The fourth-order valence-electron chi connectivity index (χ4n) is 0.521. The fourth-order valence-corrected chi connectivity index (χ4v) is 0.521. The van der Waals surface area contributed by atoms with Gasteiger partial charge in [-0.3, -0.25) is 9.59 Å². The lowest BCUT2D eigenvalue weighted by atomic mass is 10.3. The minimum atomic E-state index is -1.11. The van der Waals surface area contributed by atoms with Crippen LogP contribution in [0.1, 0.15) is 0 Å². The van der Waals surface area contributed by atoms with Gasteiger partial charge in [0.25, 0.3) is 5.91 Å². The second-order valence-electron chi connectivity index (χ2n) is 1.59. The lowest BCUT2D eigenvalue weighted by molar-refractivity contribution is -0.138. The molecule has 0 aliphatic carbocycles. The van der Waals surface area contributed by atoms with Crippen LogP contribution in [0, 0.1) is 0 Å². The molecule has 0 aromatic heterocycles. The number of β-amino-alcohol motifs (C(OH)–C–C–N with tert-alkyl or cyclic N) is 1. The van der Waals surface area contributed by atoms with Crippen LogP contribution in [0.15, 0.2) is 0 Å². The van der Waals surface area contributed by atoms with Crippen LogP contribution >= 0.6 is 0 Å². The Morgan fingerprint density at radius 1 is 1.62 bits per heavy atom. The molecule has 0 bridgehead atoms. The van der Waals surface area contributed by atoms with Crippen LogP contribution in [0.3, 0.4) is 0 Å². The van der Waals surface area contributed by atoms with E-state index >= 15 is 0 Å². The zero-order valence-electron chi connectivity index (χ0n) is 4.05. The van der Waals surface area contributed by atoms with E-state index in [1.807, 2.05) is 0 Å². The third-order valence-corrected chi connectivity index (χ3v) is 0.982. The number of rotatable bonds is 0. The van der Waals surface area contributed by atoms with E-state index in [1.54, 1.807) is 0 Å². The lowest BCUT2D eigenvalue weighted by Crippen LogP contribution is -2.20. The van der Waals surface area contributed by atoms with Crippen molar-refractivity contribution in [3.05, 3.63) is 0 Å². The molecule has 1 fully saturated rings. The molecular formula is C4H5NO3. The number of nitrogens with one attached hydrogen (secondary N) is 1. The Balaban J connectivity index is 2.71. The highest BCUT2D eigenvalue weighted by molar-refractivity contribution is 6.39. The molecule has 0 spiro atoms. The van der Waals surface area contributed by atoms with Crippen molar-refractivity contribution >= 4 is 11.7 Å². The van der Waals surface area contributed by atoms with Gasteiger partial charge in [0.1, 0.15) is 6.10 Å². The molecule has 0 unspecified atom stereocenters. The van der Waals surface area contributed by atoms with Gasteiger partial charge in [-0.15, -0.1) is 0 Å². The number of carbonyl (C=O) groups excluding carboxylic acids is 2. The van der Waals surface area contributed by atoms with Gasteiger partial charge in [-0.05, 0) is 0 Å². The molecule has 44 valence electrons. The Kier molecular flexibility index (Phi) is 1.02. The first kappa shape index (κ1) is 5.24. The van der Waals surface area contributed by atoms with Crippen LogP contribution in [0.4, 0.5) is 0 Å². The molecule has 0 aromatic rings. The molecule has 4 heteroatoms. The maximum atomic E-state index is 10.2. The summed E-state index contributed by atoms with van der Waals surface area (Å²) < 4.78 is 0.